The Kier molecular flexibility index (Phi) is 3.65. The monoisotopic (exact) mass is 297 g/mol. The van der Waals surface area contributed by atoms with Crippen molar-refractivity contribution in [1.29, 1.82) is 5.41 Å². The molecular formula is C17H16FN3O. The van der Waals surface area contributed by atoms with E-state index in [9.17, 15) is 9.50 Å². The van der Waals surface area contributed by atoms with E-state index in [-0.39, 0.29) is 23.3 Å². The molecule has 0 saturated heterocycles. The average Bonchev–Trinajstić information content (AvgIpc) is 2.94. The molecule has 0 bridgehead atoms. The SMILES string of the molecule is CC1NNC=C1C1=C/C(=C(/O)c2ccc(F)cc2)C(=N)C=C1. The molecule has 0 aromatic heterocycles. The van der Waals surface area contributed by atoms with E-state index in [4.69, 9.17) is 5.41 Å². The fraction of sp³-hybridized carbons (Fsp3) is 0.118. The molecule has 1 aliphatic carbocycles. The normalized spacial score (nSPS) is 23.0. The second kappa shape index (κ2) is 5.61. The number of benzene rings is 1. The third-order valence-corrected chi connectivity index (χ3v) is 3.72. The maximum absolute atomic E-state index is 13.0. The molecule has 112 valence electrons. The highest BCUT2D eigenvalue weighted by Crippen LogP contribution is 2.27. The van der Waals surface area contributed by atoms with Crippen LogP contribution >= 0.6 is 0 Å². The maximum atomic E-state index is 13.0. The van der Waals surface area contributed by atoms with Gasteiger partial charge in [0.2, 0.25) is 0 Å². The molecule has 1 atom stereocenters. The van der Waals surface area contributed by atoms with Crippen LogP contribution in [0.3, 0.4) is 0 Å². The van der Waals surface area contributed by atoms with Crippen LogP contribution in [0.1, 0.15) is 12.5 Å². The van der Waals surface area contributed by atoms with Crippen molar-refractivity contribution < 1.29 is 9.50 Å². The maximum Gasteiger partial charge on any atom is 0.132 e. The Morgan fingerprint density at radius 1 is 1.23 bits per heavy atom. The Morgan fingerprint density at radius 3 is 2.59 bits per heavy atom. The Morgan fingerprint density at radius 2 is 1.95 bits per heavy atom. The number of nitrogens with one attached hydrogen (secondary N) is 3. The lowest BCUT2D eigenvalue weighted by Crippen LogP contribution is -2.29. The average molecular weight is 297 g/mol. The van der Waals surface area contributed by atoms with Crippen LogP contribution in [-0.2, 0) is 0 Å². The van der Waals surface area contributed by atoms with Gasteiger partial charge in [0.15, 0.2) is 0 Å². The number of allylic oxidation sites excluding steroid dienone is 4. The minimum atomic E-state index is -0.363. The largest absolute Gasteiger partial charge is 0.507 e. The van der Waals surface area contributed by atoms with Crippen LogP contribution in [0.5, 0.6) is 0 Å². The molecule has 2 aliphatic rings. The molecule has 0 saturated carbocycles. The molecule has 0 radical (unpaired) electrons. The molecule has 0 spiro atoms. The third-order valence-electron chi connectivity index (χ3n) is 3.72. The van der Waals surface area contributed by atoms with E-state index in [0.29, 0.717) is 11.1 Å². The second-order valence-corrected chi connectivity index (χ2v) is 5.23. The van der Waals surface area contributed by atoms with Crippen molar-refractivity contribution in [2.24, 2.45) is 0 Å². The highest BCUT2D eigenvalue weighted by molar-refractivity contribution is 6.14. The van der Waals surface area contributed by atoms with Gasteiger partial charge in [0.05, 0.1) is 11.8 Å². The predicted molar refractivity (Wildman–Crippen MR) is 84.7 cm³/mol. The van der Waals surface area contributed by atoms with Crippen molar-refractivity contribution in [3.8, 4) is 0 Å². The zero-order chi connectivity index (χ0) is 15.7. The Bertz CT molecular complexity index is 742. The summed E-state index contributed by atoms with van der Waals surface area (Å²) < 4.78 is 13.0. The molecule has 22 heavy (non-hydrogen) atoms. The summed E-state index contributed by atoms with van der Waals surface area (Å²) in [5.74, 6) is -0.391. The van der Waals surface area contributed by atoms with Crippen molar-refractivity contribution in [2.75, 3.05) is 0 Å². The first-order chi connectivity index (χ1) is 10.6. The Labute approximate surface area is 127 Å². The minimum absolute atomic E-state index is 0.0287. The van der Waals surface area contributed by atoms with Crippen LogP contribution in [0, 0.1) is 11.2 Å². The van der Waals surface area contributed by atoms with Crippen LogP contribution in [0.25, 0.3) is 5.76 Å². The summed E-state index contributed by atoms with van der Waals surface area (Å²) in [6.07, 6.45) is 7.14. The van der Waals surface area contributed by atoms with E-state index >= 15 is 0 Å². The summed E-state index contributed by atoms with van der Waals surface area (Å²) in [7, 11) is 0. The number of hydrogen-bond donors (Lipinski definition) is 4. The van der Waals surface area contributed by atoms with E-state index in [2.05, 4.69) is 10.9 Å². The number of rotatable bonds is 2. The van der Waals surface area contributed by atoms with E-state index in [0.717, 1.165) is 11.1 Å². The van der Waals surface area contributed by atoms with Gasteiger partial charge in [0.1, 0.15) is 11.6 Å². The standard InChI is InChI=1S/C17H16FN3O/c1-10-15(9-20-21-10)12-4-7-16(19)14(8-12)17(22)11-2-5-13(18)6-3-11/h2-10,19-22H,1H3/b17-14-,19-16?. The molecule has 5 heteroatoms. The van der Waals surface area contributed by atoms with Gasteiger partial charge in [-0.25, -0.2) is 9.82 Å². The lowest BCUT2D eigenvalue weighted by Gasteiger charge is -2.16. The van der Waals surface area contributed by atoms with E-state index in [1.807, 2.05) is 19.2 Å². The Balaban J connectivity index is 2.02. The summed E-state index contributed by atoms with van der Waals surface area (Å²) in [6, 6.07) is 5.70. The van der Waals surface area contributed by atoms with Crippen molar-refractivity contribution in [2.45, 2.75) is 13.0 Å². The Hall–Kier alpha value is -2.66. The van der Waals surface area contributed by atoms with Gasteiger partial charge < -0.3 is 15.9 Å². The molecule has 4 N–H and O–H groups in total. The summed E-state index contributed by atoms with van der Waals surface area (Å²) >= 11 is 0. The smallest absolute Gasteiger partial charge is 0.132 e. The van der Waals surface area contributed by atoms with Crippen LogP contribution < -0.4 is 10.9 Å². The third kappa shape index (κ3) is 2.58. The van der Waals surface area contributed by atoms with Crippen LogP contribution in [0.2, 0.25) is 0 Å². The van der Waals surface area contributed by atoms with Gasteiger partial charge in [-0.05, 0) is 54.5 Å². The van der Waals surface area contributed by atoms with E-state index in [1.54, 1.807) is 12.2 Å². The molecule has 0 amide bonds. The first-order valence-electron chi connectivity index (χ1n) is 6.95. The van der Waals surface area contributed by atoms with Gasteiger partial charge in [0, 0.05) is 17.3 Å². The molecular weight excluding hydrogens is 281 g/mol. The number of aliphatic hydroxyl groups excluding tert-OH is 1. The van der Waals surface area contributed by atoms with Gasteiger partial charge in [-0.2, -0.15) is 0 Å². The first kappa shape index (κ1) is 14.3. The molecule has 0 fully saturated rings. The number of halogens is 1. The lowest BCUT2D eigenvalue weighted by atomic mass is 9.91. The lowest BCUT2D eigenvalue weighted by molar-refractivity contribution is 0.509. The summed E-state index contributed by atoms with van der Waals surface area (Å²) in [6.45, 7) is 2.02. The van der Waals surface area contributed by atoms with Crippen molar-refractivity contribution in [1.82, 2.24) is 10.9 Å². The number of aliphatic hydroxyl groups is 1. The van der Waals surface area contributed by atoms with Crippen LogP contribution in [0.4, 0.5) is 4.39 Å². The number of hydrogen-bond acceptors (Lipinski definition) is 4. The van der Waals surface area contributed by atoms with Crippen LogP contribution in [-0.4, -0.2) is 16.9 Å². The van der Waals surface area contributed by atoms with E-state index in [1.165, 1.54) is 24.3 Å². The fourth-order valence-electron chi connectivity index (χ4n) is 2.46. The number of hydrazine groups is 1. The van der Waals surface area contributed by atoms with Crippen molar-refractivity contribution in [3.05, 3.63) is 76.8 Å². The quantitative estimate of drug-likeness (QED) is 0.634. The van der Waals surface area contributed by atoms with Gasteiger partial charge in [-0.3, -0.25) is 0 Å². The zero-order valence-electron chi connectivity index (χ0n) is 12.0. The first-order valence-corrected chi connectivity index (χ1v) is 6.95. The molecule has 1 aliphatic heterocycles. The molecule has 1 unspecified atom stereocenters. The van der Waals surface area contributed by atoms with Gasteiger partial charge in [0.25, 0.3) is 0 Å². The molecule has 1 heterocycles. The van der Waals surface area contributed by atoms with E-state index < -0.39 is 0 Å². The van der Waals surface area contributed by atoms with Crippen molar-refractivity contribution in [3.63, 3.8) is 0 Å². The minimum Gasteiger partial charge on any atom is -0.507 e. The second-order valence-electron chi connectivity index (χ2n) is 5.23. The van der Waals surface area contributed by atoms with Crippen LogP contribution in [0.15, 0.2) is 65.4 Å². The summed E-state index contributed by atoms with van der Waals surface area (Å²) in [4.78, 5) is 0. The molecule has 3 rings (SSSR count). The molecule has 4 nitrogen and oxygen atoms in total. The highest BCUT2D eigenvalue weighted by Gasteiger charge is 2.20. The van der Waals surface area contributed by atoms with Gasteiger partial charge in [-0.15, -0.1) is 0 Å². The summed E-state index contributed by atoms with van der Waals surface area (Å²) in [5.41, 5.74) is 9.11. The van der Waals surface area contributed by atoms with Gasteiger partial charge >= 0.3 is 0 Å². The molecule has 1 aromatic carbocycles. The fourth-order valence-corrected chi connectivity index (χ4v) is 2.46. The highest BCUT2D eigenvalue weighted by atomic mass is 19.1. The predicted octanol–water partition coefficient (Wildman–Crippen LogP) is 2.99. The topological polar surface area (TPSA) is 68.1 Å². The van der Waals surface area contributed by atoms with Gasteiger partial charge in [-0.1, -0.05) is 6.08 Å². The molecule has 1 aromatic rings. The van der Waals surface area contributed by atoms with Crippen molar-refractivity contribution >= 4 is 11.5 Å². The zero-order valence-corrected chi connectivity index (χ0v) is 12.0. The summed E-state index contributed by atoms with van der Waals surface area (Å²) in [5, 5.41) is 18.4.